The molecule has 7 nitrogen and oxygen atoms in total. The van der Waals surface area contributed by atoms with Crippen molar-refractivity contribution in [3.63, 3.8) is 0 Å². The van der Waals surface area contributed by atoms with Crippen LogP contribution in [0.4, 0.5) is 10.5 Å². The largest absolute Gasteiger partial charge is 0.490 e. The monoisotopic (exact) mass is 572 g/mol. The molecule has 0 bridgehead atoms. The standard InChI is InChI=1S/C31H25ClN2O5S/c1-2-38-27-16-20(14-15-26(27)39-19-22-9-4-6-12-24(22)32)17-28-30(36)34(31(37)40-28)18-29(35)33-25-13-7-10-21-8-3-5-11-23(21)25/h3-17H,2,18-19H2,1H3,(H,33,35)/b28-17+. The van der Waals surface area contributed by atoms with Crippen molar-refractivity contribution < 1.29 is 23.9 Å². The Morgan fingerprint density at radius 2 is 1.73 bits per heavy atom. The van der Waals surface area contributed by atoms with E-state index < -0.39 is 17.1 Å². The molecule has 202 valence electrons. The number of imide groups is 1. The van der Waals surface area contributed by atoms with Crippen LogP contribution in [-0.4, -0.2) is 35.1 Å². The third-order valence-electron chi connectivity index (χ3n) is 6.15. The first-order chi connectivity index (χ1) is 19.4. The minimum atomic E-state index is -0.528. The summed E-state index contributed by atoms with van der Waals surface area (Å²) in [6.45, 7) is 2.15. The van der Waals surface area contributed by atoms with Crippen LogP contribution in [0.15, 0.2) is 89.8 Å². The SMILES string of the molecule is CCOc1cc(/C=C2/SC(=O)N(CC(=O)Nc3cccc4ccccc34)C2=O)ccc1OCc1ccccc1Cl. The molecule has 0 radical (unpaired) electrons. The number of benzene rings is 4. The first kappa shape index (κ1) is 27.3. The highest BCUT2D eigenvalue weighted by Gasteiger charge is 2.36. The second-order valence-electron chi connectivity index (χ2n) is 8.86. The van der Waals surface area contributed by atoms with E-state index in [0.717, 1.165) is 33.0 Å². The Balaban J connectivity index is 1.28. The lowest BCUT2D eigenvalue weighted by atomic mass is 10.1. The van der Waals surface area contributed by atoms with Gasteiger partial charge in [-0.15, -0.1) is 0 Å². The maximum absolute atomic E-state index is 13.1. The average molecular weight is 573 g/mol. The third kappa shape index (κ3) is 6.14. The Hall–Kier alpha value is -4.27. The van der Waals surface area contributed by atoms with Crippen molar-refractivity contribution in [2.24, 2.45) is 0 Å². The van der Waals surface area contributed by atoms with E-state index in [1.54, 1.807) is 36.4 Å². The van der Waals surface area contributed by atoms with E-state index in [2.05, 4.69) is 5.32 Å². The second-order valence-corrected chi connectivity index (χ2v) is 10.3. The Morgan fingerprint density at radius 3 is 2.55 bits per heavy atom. The van der Waals surface area contributed by atoms with Crippen molar-refractivity contribution in [2.45, 2.75) is 13.5 Å². The van der Waals surface area contributed by atoms with Crippen LogP contribution in [0.5, 0.6) is 11.5 Å². The van der Waals surface area contributed by atoms with E-state index in [-0.39, 0.29) is 18.1 Å². The fourth-order valence-corrected chi connectivity index (χ4v) is 5.26. The minimum absolute atomic E-state index is 0.218. The summed E-state index contributed by atoms with van der Waals surface area (Å²) in [5, 5.41) is 4.77. The fourth-order valence-electron chi connectivity index (χ4n) is 4.23. The molecule has 1 N–H and O–H groups in total. The van der Waals surface area contributed by atoms with Crippen molar-refractivity contribution in [1.82, 2.24) is 4.90 Å². The number of carbonyl (C=O) groups is 3. The molecule has 1 aliphatic heterocycles. The molecule has 0 saturated carbocycles. The second kappa shape index (κ2) is 12.3. The summed E-state index contributed by atoms with van der Waals surface area (Å²) in [6.07, 6.45) is 1.61. The number of fused-ring (bicyclic) bond motifs is 1. The zero-order valence-corrected chi connectivity index (χ0v) is 23.1. The molecule has 1 saturated heterocycles. The molecule has 0 unspecified atom stereocenters. The van der Waals surface area contributed by atoms with Crippen LogP contribution in [0.1, 0.15) is 18.1 Å². The first-order valence-electron chi connectivity index (χ1n) is 12.6. The van der Waals surface area contributed by atoms with Gasteiger partial charge >= 0.3 is 0 Å². The molecule has 4 aromatic carbocycles. The lowest BCUT2D eigenvalue weighted by Gasteiger charge is -2.14. The number of ether oxygens (including phenoxy) is 2. The van der Waals surface area contributed by atoms with Crippen LogP contribution in [0, 0.1) is 0 Å². The van der Waals surface area contributed by atoms with Crippen molar-refractivity contribution in [3.8, 4) is 11.5 Å². The number of carbonyl (C=O) groups excluding carboxylic acids is 3. The Bertz CT molecular complexity index is 1630. The number of anilines is 1. The number of amides is 3. The highest BCUT2D eigenvalue weighted by molar-refractivity contribution is 8.18. The summed E-state index contributed by atoms with van der Waals surface area (Å²) in [5.41, 5.74) is 2.11. The Morgan fingerprint density at radius 1 is 0.950 bits per heavy atom. The average Bonchev–Trinajstić information content (AvgIpc) is 3.21. The number of rotatable bonds is 9. The number of thioether (sulfide) groups is 1. The van der Waals surface area contributed by atoms with Crippen molar-refractivity contribution >= 4 is 63.0 Å². The van der Waals surface area contributed by atoms with Gasteiger partial charge in [0, 0.05) is 21.7 Å². The molecule has 0 atom stereocenters. The van der Waals surface area contributed by atoms with E-state index in [1.807, 2.05) is 61.5 Å². The predicted octanol–water partition coefficient (Wildman–Crippen LogP) is 7.15. The minimum Gasteiger partial charge on any atom is -0.490 e. The molecule has 0 aliphatic carbocycles. The van der Waals surface area contributed by atoms with Gasteiger partial charge in [-0.2, -0.15) is 0 Å². The topological polar surface area (TPSA) is 84.9 Å². The van der Waals surface area contributed by atoms with E-state index in [0.29, 0.717) is 34.4 Å². The number of hydrogen-bond donors (Lipinski definition) is 1. The van der Waals surface area contributed by atoms with Gasteiger partial charge < -0.3 is 14.8 Å². The smallest absolute Gasteiger partial charge is 0.294 e. The van der Waals surface area contributed by atoms with Gasteiger partial charge in [0.2, 0.25) is 5.91 Å². The molecule has 9 heteroatoms. The van der Waals surface area contributed by atoms with Gasteiger partial charge in [0.25, 0.3) is 11.1 Å². The van der Waals surface area contributed by atoms with Crippen LogP contribution < -0.4 is 14.8 Å². The van der Waals surface area contributed by atoms with E-state index in [4.69, 9.17) is 21.1 Å². The number of nitrogens with one attached hydrogen (secondary N) is 1. The van der Waals surface area contributed by atoms with Crippen LogP contribution in [0.3, 0.4) is 0 Å². The van der Waals surface area contributed by atoms with E-state index in [1.165, 1.54) is 0 Å². The summed E-state index contributed by atoms with van der Waals surface area (Å²) in [7, 11) is 0. The molecule has 5 rings (SSSR count). The van der Waals surface area contributed by atoms with Gasteiger partial charge in [-0.25, -0.2) is 0 Å². The number of hydrogen-bond acceptors (Lipinski definition) is 6. The number of nitrogens with zero attached hydrogens (tertiary/aromatic N) is 1. The molecular formula is C31H25ClN2O5S. The summed E-state index contributed by atoms with van der Waals surface area (Å²) in [4.78, 5) is 39.7. The molecule has 3 amide bonds. The Kier molecular flexibility index (Phi) is 8.38. The molecule has 1 aliphatic rings. The zero-order valence-electron chi connectivity index (χ0n) is 21.6. The molecular weight excluding hydrogens is 548 g/mol. The maximum atomic E-state index is 13.1. The van der Waals surface area contributed by atoms with Gasteiger partial charge in [0.05, 0.1) is 11.5 Å². The van der Waals surface area contributed by atoms with E-state index in [9.17, 15) is 14.4 Å². The highest BCUT2D eigenvalue weighted by atomic mass is 35.5. The van der Waals surface area contributed by atoms with Gasteiger partial charge in [-0.1, -0.05) is 72.3 Å². The van der Waals surface area contributed by atoms with Crippen LogP contribution in [-0.2, 0) is 16.2 Å². The maximum Gasteiger partial charge on any atom is 0.294 e. The summed E-state index contributed by atoms with van der Waals surface area (Å²) in [5.74, 6) is 0.0350. The van der Waals surface area contributed by atoms with Gasteiger partial charge in [0.15, 0.2) is 11.5 Å². The molecule has 40 heavy (non-hydrogen) atoms. The van der Waals surface area contributed by atoms with Crippen LogP contribution in [0.2, 0.25) is 5.02 Å². The fraction of sp³-hybridized carbons (Fsp3) is 0.129. The van der Waals surface area contributed by atoms with Crippen molar-refractivity contribution in [2.75, 3.05) is 18.5 Å². The highest BCUT2D eigenvalue weighted by Crippen LogP contribution is 2.35. The predicted molar refractivity (Wildman–Crippen MR) is 159 cm³/mol. The zero-order chi connectivity index (χ0) is 28.1. The lowest BCUT2D eigenvalue weighted by molar-refractivity contribution is -0.127. The molecule has 1 heterocycles. The van der Waals surface area contributed by atoms with Crippen LogP contribution >= 0.6 is 23.4 Å². The van der Waals surface area contributed by atoms with Crippen LogP contribution in [0.25, 0.3) is 16.8 Å². The Labute approximate surface area is 240 Å². The quantitative estimate of drug-likeness (QED) is 0.214. The molecule has 0 aromatic heterocycles. The summed E-state index contributed by atoms with van der Waals surface area (Å²) < 4.78 is 11.7. The third-order valence-corrected chi connectivity index (χ3v) is 7.42. The summed E-state index contributed by atoms with van der Waals surface area (Å²) in [6, 6.07) is 25.9. The van der Waals surface area contributed by atoms with E-state index >= 15 is 0 Å². The first-order valence-corrected chi connectivity index (χ1v) is 13.8. The lowest BCUT2D eigenvalue weighted by Crippen LogP contribution is -2.36. The van der Waals surface area contributed by atoms with Crippen molar-refractivity contribution in [1.29, 1.82) is 0 Å². The normalized spacial score (nSPS) is 14.2. The van der Waals surface area contributed by atoms with Gasteiger partial charge in [-0.05, 0) is 60.0 Å². The van der Waals surface area contributed by atoms with Crippen molar-refractivity contribution in [3.05, 3.63) is 106 Å². The molecule has 1 fully saturated rings. The number of halogens is 1. The molecule has 4 aromatic rings. The van der Waals surface area contributed by atoms with Gasteiger partial charge in [0.1, 0.15) is 13.2 Å². The molecule has 0 spiro atoms. The summed E-state index contributed by atoms with van der Waals surface area (Å²) >= 11 is 7.03. The van der Waals surface area contributed by atoms with Gasteiger partial charge in [-0.3, -0.25) is 19.3 Å².